The summed E-state index contributed by atoms with van der Waals surface area (Å²) in [7, 11) is 4.56. The number of hydrogen-bond acceptors (Lipinski definition) is 4. The van der Waals surface area contributed by atoms with Gasteiger partial charge < -0.3 is 14.1 Å². The van der Waals surface area contributed by atoms with Gasteiger partial charge in [-0.25, -0.2) is 4.79 Å². The summed E-state index contributed by atoms with van der Waals surface area (Å²) in [6.45, 7) is 0. The van der Waals surface area contributed by atoms with Crippen molar-refractivity contribution in [3.8, 4) is 0 Å². The van der Waals surface area contributed by atoms with Gasteiger partial charge in [0.05, 0.1) is 29.5 Å². The normalized spacial score (nSPS) is 10.4. The number of nitrogens with zero attached hydrogens (tertiary/aromatic N) is 1. The van der Waals surface area contributed by atoms with E-state index in [1.54, 1.807) is 26.4 Å². The second-order valence-electron chi connectivity index (χ2n) is 5.26. The smallest absolute Gasteiger partial charge is 0.338 e. The summed E-state index contributed by atoms with van der Waals surface area (Å²) in [5.74, 6) is 0.0482. The molecule has 2 aromatic rings. The molecule has 122 valence electrons. The van der Waals surface area contributed by atoms with Gasteiger partial charge in [-0.1, -0.05) is 11.6 Å². The molecule has 6 heteroatoms. The highest BCUT2D eigenvalue weighted by Crippen LogP contribution is 2.25. The number of benzene rings is 1. The van der Waals surface area contributed by atoms with E-state index in [1.807, 2.05) is 12.1 Å². The van der Waals surface area contributed by atoms with Crippen molar-refractivity contribution in [3.05, 3.63) is 58.0 Å². The quantitative estimate of drug-likeness (QED) is 0.787. The van der Waals surface area contributed by atoms with Crippen LogP contribution in [0.2, 0.25) is 5.02 Å². The number of hydrogen-bond donors (Lipinski definition) is 0. The number of furan rings is 1. The van der Waals surface area contributed by atoms with Crippen molar-refractivity contribution in [3.63, 3.8) is 0 Å². The highest BCUT2D eigenvalue weighted by atomic mass is 35.5. The lowest BCUT2D eigenvalue weighted by atomic mass is 9.98. The van der Waals surface area contributed by atoms with Gasteiger partial charge in [0.15, 0.2) is 0 Å². The summed E-state index contributed by atoms with van der Waals surface area (Å²) in [5.41, 5.74) is 1.33. The van der Waals surface area contributed by atoms with E-state index in [9.17, 15) is 9.59 Å². The van der Waals surface area contributed by atoms with Gasteiger partial charge >= 0.3 is 5.97 Å². The molecule has 0 N–H and O–H groups in total. The maximum Gasteiger partial charge on any atom is 0.338 e. The van der Waals surface area contributed by atoms with Gasteiger partial charge in [0.1, 0.15) is 5.76 Å². The predicted molar refractivity (Wildman–Crippen MR) is 86.9 cm³/mol. The monoisotopic (exact) mass is 335 g/mol. The highest BCUT2D eigenvalue weighted by Gasteiger charge is 2.20. The Morgan fingerprint density at radius 2 is 1.96 bits per heavy atom. The molecule has 1 aromatic carbocycles. The highest BCUT2D eigenvalue weighted by molar-refractivity contribution is 6.34. The van der Waals surface area contributed by atoms with Crippen molar-refractivity contribution in [2.75, 3.05) is 21.2 Å². The molecule has 23 heavy (non-hydrogen) atoms. The number of ether oxygens (including phenoxy) is 1. The van der Waals surface area contributed by atoms with E-state index in [4.69, 9.17) is 20.8 Å². The molecule has 1 aromatic heterocycles. The Bertz CT molecular complexity index is 708. The molecular formula is C17H18ClNO4. The van der Waals surface area contributed by atoms with Gasteiger partial charge in [0.25, 0.3) is 5.91 Å². The maximum absolute atomic E-state index is 12.2. The lowest BCUT2D eigenvalue weighted by molar-refractivity contribution is 0.0599. The van der Waals surface area contributed by atoms with Crippen molar-refractivity contribution >= 4 is 23.5 Å². The molecule has 0 aliphatic carbocycles. The molecule has 0 spiro atoms. The molecule has 0 saturated carbocycles. The van der Waals surface area contributed by atoms with Crippen molar-refractivity contribution in [1.29, 1.82) is 0 Å². The average molecular weight is 336 g/mol. The minimum atomic E-state index is -0.496. The van der Waals surface area contributed by atoms with Gasteiger partial charge in [-0.05, 0) is 36.2 Å². The molecule has 0 saturated heterocycles. The topological polar surface area (TPSA) is 59.8 Å². The predicted octanol–water partition coefficient (Wildman–Crippen LogP) is 3.21. The van der Waals surface area contributed by atoms with Crippen LogP contribution in [0.3, 0.4) is 0 Å². The molecule has 0 aliphatic rings. The molecular weight excluding hydrogens is 318 g/mol. The fourth-order valence-electron chi connectivity index (χ4n) is 2.24. The number of carbonyl (C=O) groups is 2. The van der Waals surface area contributed by atoms with E-state index >= 15 is 0 Å². The molecule has 0 atom stereocenters. The number of halogens is 1. The maximum atomic E-state index is 12.2. The van der Waals surface area contributed by atoms with Crippen LogP contribution in [0.15, 0.2) is 34.9 Å². The number of aryl methyl sites for hydroxylation is 2. The largest absolute Gasteiger partial charge is 0.469 e. The molecule has 0 bridgehead atoms. The number of amides is 1. The Hall–Kier alpha value is -2.27. The van der Waals surface area contributed by atoms with E-state index < -0.39 is 5.97 Å². The lowest BCUT2D eigenvalue weighted by Crippen LogP contribution is -2.23. The Labute approximate surface area is 139 Å². The van der Waals surface area contributed by atoms with E-state index in [-0.39, 0.29) is 11.5 Å². The molecule has 0 fully saturated rings. The zero-order valence-electron chi connectivity index (χ0n) is 13.3. The van der Waals surface area contributed by atoms with Gasteiger partial charge in [0.2, 0.25) is 0 Å². The first kappa shape index (κ1) is 17.1. The van der Waals surface area contributed by atoms with Gasteiger partial charge in [0, 0.05) is 20.5 Å². The zero-order chi connectivity index (χ0) is 17.0. The van der Waals surface area contributed by atoms with E-state index in [0.29, 0.717) is 29.0 Å². The van der Waals surface area contributed by atoms with Crippen LogP contribution in [0.1, 0.15) is 32.0 Å². The van der Waals surface area contributed by atoms with Crippen molar-refractivity contribution in [2.45, 2.75) is 12.8 Å². The second-order valence-corrected chi connectivity index (χ2v) is 5.67. The molecule has 1 amide bonds. The second kappa shape index (κ2) is 7.33. The molecule has 0 radical (unpaired) electrons. The first-order chi connectivity index (χ1) is 10.9. The molecule has 0 aliphatic heterocycles. The molecule has 5 nitrogen and oxygen atoms in total. The van der Waals surface area contributed by atoms with Crippen LogP contribution < -0.4 is 0 Å². The van der Waals surface area contributed by atoms with E-state index in [1.165, 1.54) is 18.1 Å². The summed E-state index contributed by atoms with van der Waals surface area (Å²) in [6.07, 6.45) is 2.77. The van der Waals surface area contributed by atoms with Crippen LogP contribution in [-0.2, 0) is 17.6 Å². The Kier molecular flexibility index (Phi) is 5.45. The van der Waals surface area contributed by atoms with Crippen LogP contribution in [0.5, 0.6) is 0 Å². The minimum absolute atomic E-state index is 0.266. The summed E-state index contributed by atoms with van der Waals surface area (Å²) < 4.78 is 10.1. The van der Waals surface area contributed by atoms with Crippen molar-refractivity contribution in [1.82, 2.24) is 4.90 Å². The third kappa shape index (κ3) is 3.93. The molecule has 1 heterocycles. The first-order valence-corrected chi connectivity index (χ1v) is 7.46. The summed E-state index contributed by atoms with van der Waals surface area (Å²) >= 11 is 6.23. The van der Waals surface area contributed by atoms with E-state index in [0.717, 1.165) is 5.76 Å². The SMILES string of the molecule is COC(=O)c1cc(C(=O)N(C)C)c(Cl)cc1CCc1ccco1. The van der Waals surface area contributed by atoms with E-state index in [2.05, 4.69) is 0 Å². The fourth-order valence-corrected chi connectivity index (χ4v) is 2.51. The average Bonchev–Trinajstić information content (AvgIpc) is 3.04. The van der Waals surface area contributed by atoms with Crippen molar-refractivity contribution in [2.24, 2.45) is 0 Å². The molecule has 2 rings (SSSR count). The zero-order valence-corrected chi connectivity index (χ0v) is 14.0. The van der Waals surface area contributed by atoms with Crippen LogP contribution in [0, 0.1) is 0 Å². The number of esters is 1. The fraction of sp³-hybridized carbons (Fsp3) is 0.294. The number of rotatable bonds is 5. The van der Waals surface area contributed by atoms with Gasteiger partial charge in [-0.2, -0.15) is 0 Å². The lowest BCUT2D eigenvalue weighted by Gasteiger charge is -2.15. The van der Waals surface area contributed by atoms with Gasteiger partial charge in [-0.15, -0.1) is 0 Å². The van der Waals surface area contributed by atoms with Crippen molar-refractivity contribution < 1.29 is 18.7 Å². The Balaban J connectivity index is 2.38. The van der Waals surface area contributed by atoms with Crippen LogP contribution in [0.25, 0.3) is 0 Å². The third-order valence-electron chi connectivity index (χ3n) is 3.46. The van der Waals surface area contributed by atoms with Gasteiger partial charge in [-0.3, -0.25) is 4.79 Å². The standard InChI is InChI=1S/C17H18ClNO4/c1-19(2)16(20)14-10-13(17(21)22-3)11(9-15(14)18)6-7-12-5-4-8-23-12/h4-5,8-10H,6-7H2,1-3H3. The Morgan fingerprint density at radius 1 is 1.22 bits per heavy atom. The Morgan fingerprint density at radius 3 is 2.52 bits per heavy atom. The minimum Gasteiger partial charge on any atom is -0.469 e. The van der Waals surface area contributed by atoms with Crippen LogP contribution in [-0.4, -0.2) is 38.0 Å². The van der Waals surface area contributed by atoms with Crippen LogP contribution >= 0.6 is 11.6 Å². The first-order valence-electron chi connectivity index (χ1n) is 7.08. The summed E-state index contributed by atoms with van der Waals surface area (Å²) in [4.78, 5) is 25.6. The van der Waals surface area contributed by atoms with Crippen LogP contribution in [0.4, 0.5) is 0 Å². The molecule has 0 unspecified atom stereocenters. The number of carbonyl (C=O) groups excluding carboxylic acids is 2. The summed E-state index contributed by atoms with van der Waals surface area (Å²) in [5, 5.41) is 0.311. The summed E-state index contributed by atoms with van der Waals surface area (Å²) in [6, 6.07) is 6.81. The number of methoxy groups -OCH3 is 1. The third-order valence-corrected chi connectivity index (χ3v) is 3.77.